The van der Waals surface area contributed by atoms with Crippen molar-refractivity contribution in [2.45, 2.75) is 6.61 Å². The van der Waals surface area contributed by atoms with Crippen LogP contribution in [-0.2, 0) is 11.3 Å². The number of amides is 1. The maximum atomic E-state index is 12.1. The maximum absolute atomic E-state index is 12.1. The molecular weight excluding hydrogens is 300 g/mol. The first kappa shape index (κ1) is 15.6. The molecule has 3 N–H and O–H groups in total. The van der Waals surface area contributed by atoms with Crippen LogP contribution in [0.2, 0.25) is 0 Å². The fraction of sp³-hybridized carbons (Fsp3) is 0.0500. The van der Waals surface area contributed by atoms with Crippen molar-refractivity contribution in [3.8, 4) is 11.1 Å². The number of rotatable bonds is 4. The van der Waals surface area contributed by atoms with E-state index in [2.05, 4.69) is 5.32 Å². The lowest BCUT2D eigenvalue weighted by Gasteiger charge is -2.12. The lowest BCUT2D eigenvalue weighted by Crippen LogP contribution is -2.14. The van der Waals surface area contributed by atoms with Crippen LogP contribution in [0.5, 0.6) is 0 Å². The van der Waals surface area contributed by atoms with E-state index in [1.54, 1.807) is 0 Å². The molecule has 3 rings (SSSR count). The van der Waals surface area contributed by atoms with Gasteiger partial charge < -0.3 is 10.5 Å². The van der Waals surface area contributed by atoms with Crippen LogP contribution in [0, 0.1) is 0 Å². The Morgan fingerprint density at radius 3 is 2.46 bits per heavy atom. The summed E-state index contributed by atoms with van der Waals surface area (Å²) in [7, 11) is 0. The minimum atomic E-state index is -0.491. The third-order valence-corrected chi connectivity index (χ3v) is 3.57. The van der Waals surface area contributed by atoms with Gasteiger partial charge in [0.25, 0.3) is 0 Å². The second kappa shape index (κ2) is 7.33. The van der Waals surface area contributed by atoms with E-state index < -0.39 is 6.09 Å². The number of benzene rings is 3. The van der Waals surface area contributed by atoms with Crippen LogP contribution >= 0.6 is 0 Å². The Hall–Kier alpha value is -3.27. The number of hydrogen-bond donors (Lipinski definition) is 2. The van der Waals surface area contributed by atoms with Gasteiger partial charge in [-0.3, -0.25) is 5.32 Å². The Morgan fingerprint density at radius 1 is 0.917 bits per heavy atom. The van der Waals surface area contributed by atoms with E-state index >= 15 is 0 Å². The normalized spacial score (nSPS) is 10.2. The highest BCUT2D eigenvalue weighted by Crippen LogP contribution is 2.29. The number of anilines is 2. The Labute approximate surface area is 140 Å². The van der Waals surface area contributed by atoms with Crippen molar-refractivity contribution >= 4 is 17.5 Å². The number of carbonyl (C=O) groups excluding carboxylic acids is 1. The van der Waals surface area contributed by atoms with Crippen LogP contribution < -0.4 is 11.1 Å². The minimum absolute atomic E-state index is 0.229. The lowest BCUT2D eigenvalue weighted by molar-refractivity contribution is 0.155. The molecule has 0 aliphatic heterocycles. The molecule has 0 fully saturated rings. The summed E-state index contributed by atoms with van der Waals surface area (Å²) in [6.07, 6.45) is -0.491. The monoisotopic (exact) mass is 318 g/mol. The molecule has 24 heavy (non-hydrogen) atoms. The van der Waals surface area contributed by atoms with Crippen molar-refractivity contribution in [1.82, 2.24) is 0 Å². The van der Waals surface area contributed by atoms with Gasteiger partial charge in [0, 0.05) is 11.3 Å². The smallest absolute Gasteiger partial charge is 0.411 e. The van der Waals surface area contributed by atoms with Crippen LogP contribution in [-0.4, -0.2) is 6.09 Å². The molecule has 0 bridgehead atoms. The zero-order valence-electron chi connectivity index (χ0n) is 13.1. The lowest BCUT2D eigenvalue weighted by atomic mass is 10.0. The van der Waals surface area contributed by atoms with Crippen molar-refractivity contribution < 1.29 is 9.53 Å². The Morgan fingerprint density at radius 2 is 1.67 bits per heavy atom. The SMILES string of the molecule is Nc1cccc(-c2ccccc2NC(=O)OCc2ccccc2)c1. The average molecular weight is 318 g/mol. The van der Waals surface area contributed by atoms with Crippen LogP contribution in [0.1, 0.15) is 5.56 Å². The highest BCUT2D eigenvalue weighted by molar-refractivity contribution is 5.91. The van der Waals surface area contributed by atoms with Crippen molar-refractivity contribution in [3.63, 3.8) is 0 Å². The quantitative estimate of drug-likeness (QED) is 0.686. The molecule has 3 aromatic rings. The number of carbonyl (C=O) groups is 1. The van der Waals surface area contributed by atoms with Gasteiger partial charge >= 0.3 is 6.09 Å². The van der Waals surface area contributed by atoms with Crippen molar-refractivity contribution in [2.75, 3.05) is 11.1 Å². The van der Waals surface area contributed by atoms with Crippen molar-refractivity contribution in [2.24, 2.45) is 0 Å². The summed E-state index contributed by atoms with van der Waals surface area (Å²) in [5.74, 6) is 0. The largest absolute Gasteiger partial charge is 0.444 e. The summed E-state index contributed by atoms with van der Waals surface area (Å²) in [6, 6.07) is 24.6. The molecule has 0 saturated heterocycles. The van der Waals surface area contributed by atoms with E-state index in [0.717, 1.165) is 16.7 Å². The Balaban J connectivity index is 1.72. The van der Waals surface area contributed by atoms with Crippen LogP contribution in [0.15, 0.2) is 78.9 Å². The number of hydrogen-bond acceptors (Lipinski definition) is 3. The first-order valence-corrected chi connectivity index (χ1v) is 7.65. The van der Waals surface area contributed by atoms with Crippen molar-refractivity contribution in [3.05, 3.63) is 84.4 Å². The Bertz CT molecular complexity index is 832. The zero-order valence-corrected chi connectivity index (χ0v) is 13.1. The summed E-state index contributed by atoms with van der Waals surface area (Å²) in [5, 5.41) is 2.80. The molecule has 0 heterocycles. The number of para-hydroxylation sites is 1. The number of nitrogen functional groups attached to an aromatic ring is 1. The third-order valence-electron chi connectivity index (χ3n) is 3.57. The molecule has 1 amide bonds. The van der Waals surface area contributed by atoms with Gasteiger partial charge in [-0.15, -0.1) is 0 Å². The fourth-order valence-corrected chi connectivity index (χ4v) is 2.42. The highest BCUT2D eigenvalue weighted by Gasteiger charge is 2.09. The third kappa shape index (κ3) is 3.93. The molecule has 0 saturated carbocycles. The highest BCUT2D eigenvalue weighted by atomic mass is 16.5. The molecule has 0 atom stereocenters. The molecule has 0 aliphatic rings. The first-order valence-electron chi connectivity index (χ1n) is 7.65. The average Bonchev–Trinajstić information content (AvgIpc) is 2.61. The van der Waals surface area contributed by atoms with Gasteiger partial charge in [0.15, 0.2) is 0 Å². The summed E-state index contributed by atoms with van der Waals surface area (Å²) >= 11 is 0. The first-order chi connectivity index (χ1) is 11.7. The number of nitrogens with one attached hydrogen (secondary N) is 1. The summed E-state index contributed by atoms with van der Waals surface area (Å²) in [5.41, 5.74) is 9.97. The van der Waals surface area contributed by atoms with Crippen LogP contribution in [0.25, 0.3) is 11.1 Å². The maximum Gasteiger partial charge on any atom is 0.411 e. The van der Waals surface area contributed by atoms with E-state index in [1.807, 2.05) is 78.9 Å². The van der Waals surface area contributed by atoms with E-state index in [1.165, 1.54) is 0 Å². The molecule has 0 radical (unpaired) electrons. The van der Waals surface area contributed by atoms with E-state index in [-0.39, 0.29) is 6.61 Å². The molecule has 0 aromatic heterocycles. The van der Waals surface area contributed by atoms with Crippen LogP contribution in [0.4, 0.5) is 16.2 Å². The molecular formula is C20H18N2O2. The topological polar surface area (TPSA) is 64.3 Å². The zero-order chi connectivity index (χ0) is 16.8. The molecule has 0 spiro atoms. The standard InChI is InChI=1S/C20H18N2O2/c21-17-10-6-9-16(13-17)18-11-4-5-12-19(18)22-20(23)24-14-15-7-2-1-3-8-15/h1-13H,14,21H2,(H,22,23). The van der Waals surface area contributed by atoms with E-state index in [9.17, 15) is 4.79 Å². The second-order valence-corrected chi connectivity index (χ2v) is 5.36. The molecule has 4 nitrogen and oxygen atoms in total. The van der Waals surface area contributed by atoms with Gasteiger partial charge in [0.2, 0.25) is 0 Å². The van der Waals surface area contributed by atoms with Gasteiger partial charge in [-0.25, -0.2) is 4.79 Å². The minimum Gasteiger partial charge on any atom is -0.444 e. The number of nitrogens with two attached hydrogens (primary N) is 1. The van der Waals surface area contributed by atoms with E-state index in [4.69, 9.17) is 10.5 Å². The second-order valence-electron chi connectivity index (χ2n) is 5.36. The predicted octanol–water partition coefficient (Wildman–Crippen LogP) is 4.68. The summed E-state index contributed by atoms with van der Waals surface area (Å²) in [6.45, 7) is 0.229. The Kier molecular flexibility index (Phi) is 4.77. The molecule has 4 heteroatoms. The predicted molar refractivity (Wildman–Crippen MR) is 96.5 cm³/mol. The van der Waals surface area contributed by atoms with Gasteiger partial charge in [0.1, 0.15) is 6.61 Å². The molecule has 3 aromatic carbocycles. The van der Waals surface area contributed by atoms with Crippen LogP contribution in [0.3, 0.4) is 0 Å². The van der Waals surface area contributed by atoms with E-state index in [0.29, 0.717) is 11.4 Å². The van der Waals surface area contributed by atoms with Gasteiger partial charge in [-0.1, -0.05) is 60.7 Å². The van der Waals surface area contributed by atoms with Gasteiger partial charge in [0.05, 0.1) is 5.69 Å². The molecule has 120 valence electrons. The van der Waals surface area contributed by atoms with Gasteiger partial charge in [-0.05, 0) is 29.3 Å². The number of ether oxygens (including phenoxy) is 1. The molecule has 0 aliphatic carbocycles. The molecule has 0 unspecified atom stereocenters. The summed E-state index contributed by atoms with van der Waals surface area (Å²) in [4.78, 5) is 12.1. The van der Waals surface area contributed by atoms with Gasteiger partial charge in [-0.2, -0.15) is 0 Å². The fourth-order valence-electron chi connectivity index (χ4n) is 2.42. The van der Waals surface area contributed by atoms with Crippen molar-refractivity contribution in [1.29, 1.82) is 0 Å². The summed E-state index contributed by atoms with van der Waals surface area (Å²) < 4.78 is 5.27.